The van der Waals surface area contributed by atoms with Crippen molar-refractivity contribution in [2.24, 2.45) is 0 Å². The number of likely N-dealkylation sites (N-methyl/N-ethyl adjacent to an activating group) is 1. The van der Waals surface area contributed by atoms with E-state index in [0.29, 0.717) is 17.4 Å². The monoisotopic (exact) mass is 1350 g/mol. The molecule has 0 amide bonds. The van der Waals surface area contributed by atoms with Crippen molar-refractivity contribution in [3.63, 3.8) is 0 Å². The highest BCUT2D eigenvalue weighted by atomic mass is 16.7. The van der Waals surface area contributed by atoms with Crippen LogP contribution >= 0.6 is 0 Å². The lowest BCUT2D eigenvalue weighted by molar-refractivity contribution is -0.870. The third-order valence-electron chi connectivity index (χ3n) is 17.7. The van der Waals surface area contributed by atoms with Gasteiger partial charge >= 0.3 is 17.9 Å². The Hall–Kier alpha value is -4.31. The Morgan fingerprint density at radius 1 is 0.309 bits per heavy atom. The van der Waals surface area contributed by atoms with Gasteiger partial charge in [-0.3, -0.25) is 9.59 Å². The topological polar surface area (TPSA) is 108 Å². The lowest BCUT2D eigenvalue weighted by atomic mass is 10.0. The zero-order valence-electron chi connectivity index (χ0n) is 64.0. The SMILES string of the molecule is CC/C=C\C/C=C\C/C=C\C/C=C\C/C=C\C/C=C\CCCCCCCCCCCCCCCCCCCCCCC(=O)OC(COC(=O)CCCCCCCCCCCCCCCCCCCCCC/C=C\C/C=C\C/C=C\C/C=C\CC)COC(OCC[N+](C)(C)C)C(=O)O. The summed E-state index contributed by atoms with van der Waals surface area (Å²) in [5.41, 5.74) is 0. The number of carbonyl (C=O) groups excluding carboxylic acids is 2. The van der Waals surface area contributed by atoms with Crippen LogP contribution in [0.2, 0.25) is 0 Å². The predicted octanol–water partition coefficient (Wildman–Crippen LogP) is 26.3. The quantitative estimate of drug-likeness (QED) is 0.0211. The van der Waals surface area contributed by atoms with E-state index in [1.54, 1.807) is 0 Å². The van der Waals surface area contributed by atoms with E-state index in [1.807, 2.05) is 21.1 Å². The van der Waals surface area contributed by atoms with Crippen LogP contribution in [0.4, 0.5) is 0 Å². The zero-order valence-corrected chi connectivity index (χ0v) is 64.0. The summed E-state index contributed by atoms with van der Waals surface area (Å²) in [6, 6.07) is 0. The highest BCUT2D eigenvalue weighted by Gasteiger charge is 2.25. The summed E-state index contributed by atoms with van der Waals surface area (Å²) in [6.07, 6.45) is 108. The van der Waals surface area contributed by atoms with Crippen LogP contribution in [-0.4, -0.2) is 87.4 Å². The molecule has 2 atom stereocenters. The average molecular weight is 1350 g/mol. The molecule has 1 N–H and O–H groups in total. The number of hydrogen-bond acceptors (Lipinski definition) is 7. The highest BCUT2D eigenvalue weighted by molar-refractivity contribution is 5.71. The average Bonchev–Trinajstić information content (AvgIpc) is 2.39. The van der Waals surface area contributed by atoms with Gasteiger partial charge < -0.3 is 28.5 Å². The van der Waals surface area contributed by atoms with E-state index < -0.39 is 18.4 Å². The van der Waals surface area contributed by atoms with Crippen molar-refractivity contribution in [1.82, 2.24) is 0 Å². The van der Waals surface area contributed by atoms with Crippen molar-refractivity contribution in [2.45, 2.75) is 373 Å². The second-order valence-electron chi connectivity index (χ2n) is 28.3. The molecule has 0 bridgehead atoms. The normalized spacial score (nSPS) is 13.3. The molecule has 558 valence electrons. The summed E-state index contributed by atoms with van der Waals surface area (Å²) in [4.78, 5) is 37.8. The number of quaternary nitrogens is 1. The molecular formula is C88H154NO8+. The largest absolute Gasteiger partial charge is 0.477 e. The van der Waals surface area contributed by atoms with E-state index in [2.05, 4.69) is 135 Å². The first-order valence-corrected chi connectivity index (χ1v) is 40.7. The van der Waals surface area contributed by atoms with Gasteiger partial charge in [0.2, 0.25) is 0 Å². The Morgan fingerprint density at radius 3 is 0.825 bits per heavy atom. The molecule has 0 rings (SSSR count). The molecule has 0 fully saturated rings. The number of carboxylic acids is 1. The number of esters is 2. The molecule has 9 heteroatoms. The van der Waals surface area contributed by atoms with Gasteiger partial charge in [0.25, 0.3) is 6.29 Å². The highest BCUT2D eigenvalue weighted by Crippen LogP contribution is 2.19. The molecular weight excluding hydrogens is 1200 g/mol. The van der Waals surface area contributed by atoms with Gasteiger partial charge in [0.05, 0.1) is 34.4 Å². The van der Waals surface area contributed by atoms with Gasteiger partial charge in [0.1, 0.15) is 13.2 Å². The van der Waals surface area contributed by atoms with E-state index in [0.717, 1.165) is 103 Å². The van der Waals surface area contributed by atoms with Crippen LogP contribution in [-0.2, 0) is 33.3 Å². The van der Waals surface area contributed by atoms with Crippen molar-refractivity contribution in [3.05, 3.63) is 122 Å². The second-order valence-corrected chi connectivity index (χ2v) is 28.3. The molecule has 0 radical (unpaired) electrons. The minimum Gasteiger partial charge on any atom is -0.477 e. The van der Waals surface area contributed by atoms with Crippen LogP contribution in [0.3, 0.4) is 0 Å². The summed E-state index contributed by atoms with van der Waals surface area (Å²) in [5.74, 6) is -1.98. The molecule has 0 aliphatic rings. The first kappa shape index (κ1) is 92.7. The number of allylic oxidation sites excluding steroid dienone is 20. The molecule has 0 aromatic rings. The predicted molar refractivity (Wildman–Crippen MR) is 419 cm³/mol. The maximum Gasteiger partial charge on any atom is 0.361 e. The Bertz CT molecular complexity index is 2020. The fraction of sp³-hybridized carbons (Fsp3) is 0.739. The molecule has 0 aromatic carbocycles. The maximum absolute atomic E-state index is 13.0. The maximum atomic E-state index is 13.0. The fourth-order valence-corrected chi connectivity index (χ4v) is 11.6. The first-order chi connectivity index (χ1) is 47.6. The van der Waals surface area contributed by atoms with Crippen LogP contribution in [0.5, 0.6) is 0 Å². The third-order valence-corrected chi connectivity index (χ3v) is 17.7. The molecule has 97 heavy (non-hydrogen) atoms. The summed E-state index contributed by atoms with van der Waals surface area (Å²) in [7, 11) is 5.99. The smallest absolute Gasteiger partial charge is 0.361 e. The fourth-order valence-electron chi connectivity index (χ4n) is 11.6. The van der Waals surface area contributed by atoms with Crippen LogP contribution in [0.1, 0.15) is 361 Å². The molecule has 0 aliphatic heterocycles. The zero-order chi connectivity index (χ0) is 70.4. The van der Waals surface area contributed by atoms with Crippen LogP contribution in [0.15, 0.2) is 122 Å². The minimum atomic E-state index is -1.51. The third kappa shape index (κ3) is 78.9. The van der Waals surface area contributed by atoms with Gasteiger partial charge in [-0.1, -0.05) is 367 Å². The van der Waals surface area contributed by atoms with Gasteiger partial charge in [-0.25, -0.2) is 4.79 Å². The number of rotatable bonds is 75. The summed E-state index contributed by atoms with van der Waals surface area (Å²) < 4.78 is 23.1. The van der Waals surface area contributed by atoms with Gasteiger partial charge in [-0.15, -0.1) is 0 Å². The van der Waals surface area contributed by atoms with Gasteiger partial charge in [-0.05, 0) is 103 Å². The van der Waals surface area contributed by atoms with Gasteiger partial charge in [0.15, 0.2) is 6.10 Å². The number of aliphatic carboxylic acids is 1. The van der Waals surface area contributed by atoms with Crippen molar-refractivity contribution < 1.29 is 42.9 Å². The molecule has 0 aromatic heterocycles. The van der Waals surface area contributed by atoms with E-state index >= 15 is 0 Å². The molecule has 0 saturated heterocycles. The lowest BCUT2D eigenvalue weighted by Crippen LogP contribution is -2.40. The van der Waals surface area contributed by atoms with Crippen molar-refractivity contribution in [2.75, 3.05) is 47.5 Å². The molecule has 0 saturated carbocycles. The number of hydrogen-bond donors (Lipinski definition) is 1. The first-order valence-electron chi connectivity index (χ1n) is 40.7. The second kappa shape index (κ2) is 77.4. The van der Waals surface area contributed by atoms with E-state index in [9.17, 15) is 19.5 Å². The standard InChI is InChI=1S/C88H153NO8/c1-6-8-10-12-14-16-18-20-22-24-26-28-30-32-34-36-38-40-41-42-43-44-45-47-49-51-53-55-57-59-61-63-65-67-69-71-73-75-77-79-86(91)97-84(83-96-88(87(92)93)94-81-80-89(3,4)5)82-95-85(90)78-76-74-72-70-68-66-64-62-60-58-56-54-52-50-48-46-39-37-35-33-31-29-27-25-23-21-19-17-15-13-11-9-7-2/h8-11,14-17,20-23,26-29,32,34,38,40,84,88H,6-7,12-13,18-19,24-25,30-31,33,35-37,39,41-83H2,1-5H3/p+1/b10-8-,11-9-,16-14-,17-15-,22-20-,23-21-,28-26-,29-27-,34-32-,40-38-. The Labute approximate surface area is 599 Å². The summed E-state index contributed by atoms with van der Waals surface area (Å²) >= 11 is 0. The van der Waals surface area contributed by atoms with E-state index in [1.165, 1.54) is 231 Å². The number of ether oxygens (including phenoxy) is 4. The van der Waals surface area contributed by atoms with Crippen molar-refractivity contribution in [3.8, 4) is 0 Å². The molecule has 9 nitrogen and oxygen atoms in total. The van der Waals surface area contributed by atoms with E-state index in [-0.39, 0.29) is 38.2 Å². The van der Waals surface area contributed by atoms with Gasteiger partial charge in [-0.2, -0.15) is 0 Å². The molecule has 0 aliphatic carbocycles. The van der Waals surface area contributed by atoms with E-state index in [4.69, 9.17) is 18.9 Å². The minimum absolute atomic E-state index is 0.181. The Kier molecular flexibility index (Phi) is 74.0. The molecule has 2 unspecified atom stereocenters. The van der Waals surface area contributed by atoms with Crippen molar-refractivity contribution in [1.29, 1.82) is 0 Å². The van der Waals surface area contributed by atoms with Crippen LogP contribution in [0, 0.1) is 0 Å². The van der Waals surface area contributed by atoms with Crippen LogP contribution in [0.25, 0.3) is 0 Å². The molecule has 0 spiro atoms. The van der Waals surface area contributed by atoms with Crippen LogP contribution < -0.4 is 0 Å². The van der Waals surface area contributed by atoms with Gasteiger partial charge in [0, 0.05) is 12.8 Å². The Morgan fingerprint density at radius 2 is 0.557 bits per heavy atom. The molecule has 0 heterocycles. The lowest BCUT2D eigenvalue weighted by Gasteiger charge is -2.25. The number of carbonyl (C=O) groups is 3. The summed E-state index contributed by atoms with van der Waals surface area (Å²) in [6.45, 7) is 4.70. The van der Waals surface area contributed by atoms with Crippen molar-refractivity contribution >= 4 is 17.9 Å². The number of unbranched alkanes of at least 4 members (excludes halogenated alkanes) is 40. The number of nitrogens with zero attached hydrogens (tertiary/aromatic N) is 1. The Balaban J connectivity index is 3.99. The summed E-state index contributed by atoms with van der Waals surface area (Å²) in [5, 5.41) is 9.78. The number of carboxylic acid groups (broad SMARTS) is 1.